The molecule has 1 amide bonds. The zero-order valence-corrected chi connectivity index (χ0v) is 18.5. The van der Waals surface area contributed by atoms with E-state index in [1.54, 1.807) is 27.9 Å². The molecule has 0 fully saturated rings. The minimum atomic E-state index is -3.89. The summed E-state index contributed by atoms with van der Waals surface area (Å²) in [6.45, 7) is 9.06. The lowest BCUT2D eigenvalue weighted by atomic mass is 9.96. The summed E-state index contributed by atoms with van der Waals surface area (Å²) < 4.78 is 33.2. The van der Waals surface area contributed by atoms with Gasteiger partial charge in [-0.15, -0.1) is 10.2 Å². The number of rotatable bonds is 7. The Hall–Kier alpha value is -2.04. The van der Waals surface area contributed by atoms with E-state index in [0.717, 1.165) is 28.2 Å². The maximum absolute atomic E-state index is 12.7. The van der Waals surface area contributed by atoms with E-state index in [2.05, 4.69) is 20.2 Å². The van der Waals surface area contributed by atoms with Crippen LogP contribution in [0.1, 0.15) is 51.3 Å². The van der Waals surface area contributed by atoms with Crippen molar-refractivity contribution in [3.8, 4) is 5.75 Å². The lowest BCUT2D eigenvalue weighted by Crippen LogP contribution is -2.28. The number of hydrogen-bond donors (Lipinski definition) is 2. The molecule has 154 valence electrons. The van der Waals surface area contributed by atoms with E-state index in [0.29, 0.717) is 6.42 Å². The second kappa shape index (κ2) is 8.54. The number of amides is 1. The summed E-state index contributed by atoms with van der Waals surface area (Å²) in [5.41, 5.74) is 1.12. The van der Waals surface area contributed by atoms with Crippen molar-refractivity contribution < 1.29 is 17.9 Å². The number of nitrogens with one attached hydrogen (secondary N) is 2. The zero-order valence-electron chi connectivity index (χ0n) is 16.9. The molecule has 1 aromatic heterocycles. The standard InChI is InChI=1S/C18H26N4O4S2/c1-7-13(12-8-9-14(26-6)11(2)10-12)22-28(24,25)17-21-20-16(27-17)19-15(23)18(3,4)5/h8-10,13,22H,7H2,1-6H3,(H,19,20,23). The number of hydrogen-bond acceptors (Lipinski definition) is 7. The first kappa shape index (κ1) is 22.3. The van der Waals surface area contributed by atoms with Crippen molar-refractivity contribution in [2.45, 2.75) is 51.4 Å². The van der Waals surface area contributed by atoms with Crippen molar-refractivity contribution in [3.05, 3.63) is 29.3 Å². The molecule has 0 aliphatic rings. The van der Waals surface area contributed by atoms with Gasteiger partial charge in [-0.1, -0.05) is 51.2 Å². The molecule has 1 atom stereocenters. The molecule has 2 N–H and O–H groups in total. The number of methoxy groups -OCH3 is 1. The first-order valence-corrected chi connectivity index (χ1v) is 11.1. The van der Waals surface area contributed by atoms with Crippen molar-refractivity contribution in [2.75, 3.05) is 12.4 Å². The van der Waals surface area contributed by atoms with Gasteiger partial charge in [0.25, 0.3) is 10.0 Å². The van der Waals surface area contributed by atoms with Crippen LogP contribution >= 0.6 is 11.3 Å². The van der Waals surface area contributed by atoms with Gasteiger partial charge < -0.3 is 10.1 Å². The molecule has 0 bridgehead atoms. The maximum atomic E-state index is 12.7. The first-order chi connectivity index (χ1) is 13.0. The summed E-state index contributed by atoms with van der Waals surface area (Å²) in [7, 11) is -2.30. The molecule has 0 saturated carbocycles. The quantitative estimate of drug-likeness (QED) is 0.658. The minimum Gasteiger partial charge on any atom is -0.496 e. The van der Waals surface area contributed by atoms with Crippen molar-refractivity contribution in [2.24, 2.45) is 5.41 Å². The van der Waals surface area contributed by atoms with Crippen LogP contribution in [0.3, 0.4) is 0 Å². The average molecular weight is 427 g/mol. The molecule has 2 rings (SSSR count). The van der Waals surface area contributed by atoms with E-state index in [-0.39, 0.29) is 15.4 Å². The minimum absolute atomic E-state index is 0.147. The number of benzene rings is 1. The van der Waals surface area contributed by atoms with Crippen LogP contribution in [0.25, 0.3) is 0 Å². The Bertz CT molecular complexity index is 949. The Morgan fingerprint density at radius 2 is 1.96 bits per heavy atom. The monoisotopic (exact) mass is 426 g/mol. The largest absolute Gasteiger partial charge is 0.496 e. The molecule has 0 radical (unpaired) electrons. The Labute approximate surface area is 169 Å². The number of sulfonamides is 1. The lowest BCUT2D eigenvalue weighted by Gasteiger charge is -2.18. The molecule has 1 aromatic carbocycles. The second-order valence-electron chi connectivity index (χ2n) is 7.39. The van der Waals surface area contributed by atoms with Crippen LogP contribution in [0, 0.1) is 12.3 Å². The lowest BCUT2D eigenvalue weighted by molar-refractivity contribution is -0.123. The van der Waals surface area contributed by atoms with Gasteiger partial charge in [0, 0.05) is 11.5 Å². The van der Waals surface area contributed by atoms with Gasteiger partial charge in [-0.3, -0.25) is 4.79 Å². The third-order valence-corrected chi connectivity index (χ3v) is 6.74. The number of nitrogens with zero attached hydrogens (tertiary/aromatic N) is 2. The van der Waals surface area contributed by atoms with Crippen molar-refractivity contribution in [1.82, 2.24) is 14.9 Å². The highest BCUT2D eigenvalue weighted by Crippen LogP contribution is 2.27. The van der Waals surface area contributed by atoms with Crippen molar-refractivity contribution in [3.63, 3.8) is 0 Å². The van der Waals surface area contributed by atoms with E-state index in [9.17, 15) is 13.2 Å². The van der Waals surface area contributed by atoms with E-state index >= 15 is 0 Å². The van der Waals surface area contributed by atoms with Crippen LogP contribution in [0.2, 0.25) is 0 Å². The summed E-state index contributed by atoms with van der Waals surface area (Å²) in [4.78, 5) is 12.0. The highest BCUT2D eigenvalue weighted by atomic mass is 32.2. The molecule has 0 aliphatic carbocycles. The van der Waals surface area contributed by atoms with Gasteiger partial charge in [0.2, 0.25) is 15.4 Å². The molecule has 10 heteroatoms. The molecule has 0 aliphatic heterocycles. The summed E-state index contributed by atoms with van der Waals surface area (Å²) in [6, 6.07) is 5.11. The van der Waals surface area contributed by atoms with Gasteiger partial charge in [-0.05, 0) is 30.5 Å². The molecule has 2 aromatic rings. The number of aromatic nitrogens is 2. The Balaban J connectivity index is 2.20. The highest BCUT2D eigenvalue weighted by Gasteiger charge is 2.27. The molecule has 1 unspecified atom stereocenters. The van der Waals surface area contributed by atoms with Gasteiger partial charge in [0.1, 0.15) is 5.75 Å². The number of aryl methyl sites for hydroxylation is 1. The van der Waals surface area contributed by atoms with Crippen LogP contribution in [-0.4, -0.2) is 31.6 Å². The van der Waals surface area contributed by atoms with E-state index in [1.165, 1.54) is 0 Å². The van der Waals surface area contributed by atoms with E-state index in [1.807, 2.05) is 32.0 Å². The first-order valence-electron chi connectivity index (χ1n) is 8.79. The van der Waals surface area contributed by atoms with Crippen molar-refractivity contribution >= 4 is 32.4 Å². The second-order valence-corrected chi connectivity index (χ2v) is 10.3. The molecule has 0 saturated heterocycles. The Kier molecular flexibility index (Phi) is 6.79. The number of carbonyl (C=O) groups is 1. The van der Waals surface area contributed by atoms with Crippen molar-refractivity contribution in [1.29, 1.82) is 0 Å². The number of ether oxygens (including phenoxy) is 1. The summed E-state index contributed by atoms with van der Waals surface area (Å²) in [5.74, 6) is 0.477. The maximum Gasteiger partial charge on any atom is 0.270 e. The molecule has 8 nitrogen and oxygen atoms in total. The van der Waals surface area contributed by atoms with Crippen LogP contribution in [0.4, 0.5) is 5.13 Å². The van der Waals surface area contributed by atoms with Crippen LogP contribution < -0.4 is 14.8 Å². The molecule has 0 spiro atoms. The van der Waals surface area contributed by atoms with Gasteiger partial charge in [-0.25, -0.2) is 13.1 Å². The molecular weight excluding hydrogens is 400 g/mol. The van der Waals surface area contributed by atoms with Gasteiger partial charge in [-0.2, -0.15) is 0 Å². The third kappa shape index (κ3) is 5.27. The molecule has 28 heavy (non-hydrogen) atoms. The smallest absolute Gasteiger partial charge is 0.270 e. The predicted molar refractivity (Wildman–Crippen MR) is 109 cm³/mol. The van der Waals surface area contributed by atoms with Gasteiger partial charge >= 0.3 is 0 Å². The fourth-order valence-corrected chi connectivity index (χ4v) is 4.62. The average Bonchev–Trinajstić information content (AvgIpc) is 3.08. The summed E-state index contributed by atoms with van der Waals surface area (Å²) in [5, 5.41) is 10.3. The number of carbonyl (C=O) groups excluding carboxylic acids is 1. The van der Waals surface area contributed by atoms with Crippen LogP contribution in [0.5, 0.6) is 5.75 Å². The predicted octanol–water partition coefficient (Wildman–Crippen LogP) is 3.27. The topological polar surface area (TPSA) is 110 Å². The third-order valence-electron chi connectivity index (χ3n) is 4.06. The van der Waals surface area contributed by atoms with Crippen LogP contribution in [-0.2, 0) is 14.8 Å². The van der Waals surface area contributed by atoms with Crippen LogP contribution in [0.15, 0.2) is 22.5 Å². The van der Waals surface area contributed by atoms with Gasteiger partial charge in [0.15, 0.2) is 0 Å². The summed E-state index contributed by atoms with van der Waals surface area (Å²) >= 11 is 0.817. The zero-order chi connectivity index (χ0) is 21.1. The van der Waals surface area contributed by atoms with Gasteiger partial charge in [0.05, 0.1) is 7.11 Å². The molecule has 1 heterocycles. The summed E-state index contributed by atoms with van der Waals surface area (Å²) in [6.07, 6.45) is 0.553. The fraction of sp³-hybridized carbons (Fsp3) is 0.500. The number of anilines is 1. The highest BCUT2D eigenvalue weighted by molar-refractivity contribution is 7.91. The Morgan fingerprint density at radius 3 is 2.50 bits per heavy atom. The Morgan fingerprint density at radius 1 is 1.29 bits per heavy atom. The SMILES string of the molecule is CCC(NS(=O)(=O)c1nnc(NC(=O)C(C)(C)C)s1)c1ccc(OC)c(C)c1. The van der Waals surface area contributed by atoms with E-state index in [4.69, 9.17) is 4.74 Å². The van der Waals surface area contributed by atoms with E-state index < -0.39 is 21.5 Å². The fourth-order valence-electron chi connectivity index (χ4n) is 2.40. The normalized spacial score (nSPS) is 13.2. The molecular formula is C18H26N4O4S2.